The minimum absolute atomic E-state index is 0.0414. The lowest BCUT2D eigenvalue weighted by Gasteiger charge is -2.40. The molecule has 5 rings (SSSR count). The molecule has 5 aliphatic rings. The van der Waals surface area contributed by atoms with Gasteiger partial charge in [0.05, 0.1) is 12.1 Å². The summed E-state index contributed by atoms with van der Waals surface area (Å²) < 4.78 is 30.1. The zero-order valence-electron chi connectivity index (χ0n) is 32.9. The van der Waals surface area contributed by atoms with Crippen LogP contribution < -0.4 is 21.3 Å². The molecule has 0 spiro atoms. The summed E-state index contributed by atoms with van der Waals surface area (Å²) in [5, 5.41) is 11.0. The lowest BCUT2D eigenvalue weighted by Crippen LogP contribution is -2.61. The summed E-state index contributed by atoms with van der Waals surface area (Å²) in [5.74, 6) is -6.75. The van der Waals surface area contributed by atoms with Crippen LogP contribution in [-0.4, -0.2) is 100 Å². The average molecular weight is 763 g/mol. The summed E-state index contributed by atoms with van der Waals surface area (Å²) in [4.78, 5) is 96.9. The molecule has 0 bridgehead atoms. The summed E-state index contributed by atoms with van der Waals surface area (Å²) in [6.07, 6.45) is 1.76. The van der Waals surface area contributed by atoms with Crippen molar-refractivity contribution in [1.82, 2.24) is 31.1 Å². The van der Waals surface area contributed by atoms with Crippen molar-refractivity contribution in [3.8, 4) is 0 Å². The number of likely N-dealkylation sites (tertiary alicyclic amines) is 1. The van der Waals surface area contributed by atoms with Crippen LogP contribution in [0, 0.1) is 28.1 Å². The van der Waals surface area contributed by atoms with Crippen LogP contribution in [0.3, 0.4) is 0 Å². The first-order valence-electron chi connectivity index (χ1n) is 19.7. The maximum Gasteiger partial charge on any atom is 0.315 e. The van der Waals surface area contributed by atoms with E-state index in [0.717, 1.165) is 17.7 Å². The number of fused-ring (bicyclic) bond motifs is 3. The highest BCUT2D eigenvalue weighted by atomic mass is 19.3. The van der Waals surface area contributed by atoms with E-state index in [-0.39, 0.29) is 86.7 Å². The molecule has 7 amide bonds. The third-order valence-electron chi connectivity index (χ3n) is 12.3. The second-order valence-corrected chi connectivity index (χ2v) is 18.9. The summed E-state index contributed by atoms with van der Waals surface area (Å²) >= 11 is 0. The number of piperidine rings is 2. The van der Waals surface area contributed by atoms with Gasteiger partial charge < -0.3 is 26.2 Å². The predicted molar refractivity (Wildman–Crippen MR) is 195 cm³/mol. The van der Waals surface area contributed by atoms with Crippen molar-refractivity contribution in [3.63, 3.8) is 0 Å². The number of hydrogen-bond donors (Lipinski definition) is 4. The number of halogens is 2. The highest BCUT2D eigenvalue weighted by molar-refractivity contribution is 6.38. The molecular formula is C39H60F2N6O7. The molecule has 2 saturated carbocycles. The van der Waals surface area contributed by atoms with Crippen molar-refractivity contribution in [2.75, 3.05) is 13.1 Å². The summed E-state index contributed by atoms with van der Waals surface area (Å²) in [6.45, 7) is 13.3. The Bertz CT molecular complexity index is 1500. The number of ketones is 1. The van der Waals surface area contributed by atoms with Crippen LogP contribution in [0.1, 0.15) is 126 Å². The van der Waals surface area contributed by atoms with Gasteiger partial charge in [-0.2, -0.15) is 0 Å². The van der Waals surface area contributed by atoms with E-state index in [9.17, 15) is 33.6 Å². The van der Waals surface area contributed by atoms with Gasteiger partial charge in [0.15, 0.2) is 0 Å². The fraction of sp³-hybridized carbons (Fsp3) is 0.821. The van der Waals surface area contributed by atoms with Crippen molar-refractivity contribution < 1.29 is 42.3 Å². The van der Waals surface area contributed by atoms with Crippen molar-refractivity contribution in [1.29, 1.82) is 0 Å². The van der Waals surface area contributed by atoms with Crippen molar-refractivity contribution in [2.24, 2.45) is 28.1 Å². The number of nitrogens with zero attached hydrogens (tertiary/aromatic N) is 2. The molecule has 5 fully saturated rings. The molecule has 0 aromatic carbocycles. The summed E-state index contributed by atoms with van der Waals surface area (Å²) in [7, 11) is 0. The van der Waals surface area contributed by atoms with Gasteiger partial charge >= 0.3 is 6.03 Å². The number of rotatable bonds is 7. The van der Waals surface area contributed by atoms with Crippen LogP contribution in [0.25, 0.3) is 0 Å². The van der Waals surface area contributed by atoms with Crippen LogP contribution in [0.2, 0.25) is 0 Å². The maximum absolute atomic E-state index is 15.1. The van der Waals surface area contributed by atoms with Gasteiger partial charge in [0.25, 0.3) is 5.91 Å². The quantitative estimate of drug-likeness (QED) is 0.225. The molecule has 13 nitrogen and oxygen atoms in total. The molecule has 0 aromatic heterocycles. The van der Waals surface area contributed by atoms with Gasteiger partial charge in [0.2, 0.25) is 35.3 Å². The Morgan fingerprint density at radius 1 is 0.870 bits per heavy atom. The third-order valence-corrected chi connectivity index (χ3v) is 12.3. The standard InChI is InChI=1S/C39H60F2N6O7/c1-36(2,3)26(21-46-27(48)18-37(4,5)19-28(46)49)45-35(54)44-25-13-11-17-39(40,41)16-10-8-9-12-24(31(50)33(52)42-22-14-15-22)43-32(51)30-29-23(38(29,6)7)20-47(30)34(25)53/h22-26,29-30H,8-21H2,1-7H3,(H,42,52)(H,43,51)(H2,44,45,54)/t23-,24-,25?,26+,29-,30-/m0/s1. The highest BCUT2D eigenvalue weighted by Gasteiger charge is 2.69. The Kier molecular flexibility index (Phi) is 11.9. The first-order valence-corrected chi connectivity index (χ1v) is 19.7. The molecular weight excluding hydrogens is 702 g/mol. The normalized spacial score (nSPS) is 30.7. The van der Waals surface area contributed by atoms with Gasteiger partial charge in [-0.3, -0.25) is 33.7 Å². The van der Waals surface area contributed by atoms with E-state index in [0.29, 0.717) is 12.8 Å². The number of carbonyl (C=O) groups excluding carboxylic acids is 7. The number of nitrogens with one attached hydrogen (secondary N) is 4. The molecule has 6 atom stereocenters. The molecule has 0 radical (unpaired) electrons. The molecule has 0 aromatic rings. The van der Waals surface area contributed by atoms with Crippen molar-refractivity contribution in [3.05, 3.63) is 0 Å². The van der Waals surface area contributed by atoms with Crippen molar-refractivity contribution in [2.45, 2.75) is 162 Å². The SMILES string of the molecule is CC1(C)CC(=O)N(C[C@@H](NC(=O)NC2CCCC(F)(F)CCCCC[C@@H](C(=O)C(=O)NC3CC3)NC(=O)[C@@H]3[C@@H]4[C@H](CN3C2=O)C4(C)C)C(C)(C)C)C(=O)C1. The van der Waals surface area contributed by atoms with Gasteiger partial charge in [-0.05, 0) is 66.6 Å². The maximum atomic E-state index is 15.1. The lowest BCUT2D eigenvalue weighted by molar-refractivity contribution is -0.153. The van der Waals surface area contributed by atoms with Gasteiger partial charge in [-0.1, -0.05) is 61.3 Å². The number of Topliss-reactive ketones (excluding diaryl/α,β-unsaturated/α-hetero) is 1. The Balaban J connectivity index is 1.37. The van der Waals surface area contributed by atoms with E-state index in [1.54, 1.807) is 0 Å². The highest BCUT2D eigenvalue weighted by Crippen LogP contribution is 2.65. The van der Waals surface area contributed by atoms with Crippen molar-refractivity contribution >= 4 is 41.4 Å². The monoisotopic (exact) mass is 762 g/mol. The molecule has 3 heterocycles. The molecule has 54 heavy (non-hydrogen) atoms. The molecule has 3 saturated heterocycles. The molecule has 2 aliphatic carbocycles. The number of imide groups is 1. The predicted octanol–water partition coefficient (Wildman–Crippen LogP) is 3.83. The van der Waals surface area contributed by atoms with E-state index in [2.05, 4.69) is 21.3 Å². The number of amides is 7. The van der Waals surface area contributed by atoms with Gasteiger partial charge in [-0.15, -0.1) is 0 Å². The zero-order chi connectivity index (χ0) is 40.0. The second-order valence-electron chi connectivity index (χ2n) is 18.9. The summed E-state index contributed by atoms with van der Waals surface area (Å²) in [6, 6.07) is -5.02. The fourth-order valence-corrected chi connectivity index (χ4v) is 8.53. The van der Waals surface area contributed by atoms with Crippen LogP contribution in [0.15, 0.2) is 0 Å². The fourth-order valence-electron chi connectivity index (χ4n) is 8.53. The Labute approximate surface area is 317 Å². The second kappa shape index (κ2) is 15.5. The minimum atomic E-state index is -3.03. The third kappa shape index (κ3) is 9.77. The zero-order valence-corrected chi connectivity index (χ0v) is 32.9. The first kappa shape index (κ1) is 41.5. The molecule has 3 aliphatic heterocycles. The molecule has 15 heteroatoms. The Morgan fingerprint density at radius 2 is 1.50 bits per heavy atom. The largest absolute Gasteiger partial charge is 0.347 e. The Morgan fingerprint density at radius 3 is 2.11 bits per heavy atom. The van der Waals surface area contributed by atoms with E-state index < -0.39 is 83.3 Å². The van der Waals surface area contributed by atoms with Crippen LogP contribution >= 0.6 is 0 Å². The number of carbonyl (C=O) groups is 7. The molecule has 4 N–H and O–H groups in total. The number of urea groups is 1. The number of alkyl halides is 2. The van der Waals surface area contributed by atoms with Crippen LogP contribution in [-0.2, 0) is 28.8 Å². The van der Waals surface area contributed by atoms with Gasteiger partial charge in [0, 0.05) is 44.8 Å². The first-order chi connectivity index (χ1) is 25.0. The smallest absolute Gasteiger partial charge is 0.315 e. The average Bonchev–Trinajstić information content (AvgIpc) is 3.89. The minimum Gasteiger partial charge on any atom is -0.347 e. The summed E-state index contributed by atoms with van der Waals surface area (Å²) in [5.41, 5.74) is -1.40. The van der Waals surface area contributed by atoms with Gasteiger partial charge in [-0.25, -0.2) is 13.6 Å². The van der Waals surface area contributed by atoms with E-state index in [1.165, 1.54) is 4.90 Å². The van der Waals surface area contributed by atoms with Gasteiger partial charge in [0.1, 0.15) is 12.1 Å². The number of hydrogen-bond acceptors (Lipinski definition) is 7. The Hall–Kier alpha value is -3.65. The van der Waals surface area contributed by atoms with Crippen LogP contribution in [0.4, 0.5) is 13.6 Å². The lowest BCUT2D eigenvalue weighted by atomic mass is 9.80. The van der Waals surface area contributed by atoms with E-state index in [4.69, 9.17) is 0 Å². The topological polar surface area (TPSA) is 174 Å². The molecule has 302 valence electrons. The van der Waals surface area contributed by atoms with Crippen LogP contribution in [0.5, 0.6) is 0 Å². The van der Waals surface area contributed by atoms with E-state index >= 15 is 8.78 Å². The van der Waals surface area contributed by atoms with E-state index in [1.807, 2.05) is 48.5 Å². The molecule has 1 unspecified atom stereocenters.